The van der Waals surface area contributed by atoms with Crippen molar-refractivity contribution < 1.29 is 14.0 Å². The summed E-state index contributed by atoms with van der Waals surface area (Å²) in [5, 5.41) is 4.41. The maximum Gasteiger partial charge on any atom is 0.234 e. The summed E-state index contributed by atoms with van der Waals surface area (Å²) in [5.74, 6) is 1.28. The van der Waals surface area contributed by atoms with Crippen molar-refractivity contribution in [1.82, 2.24) is 14.5 Å². The van der Waals surface area contributed by atoms with Crippen LogP contribution in [-0.2, 0) is 10.6 Å². The number of imidazole rings is 1. The molecule has 7 heteroatoms. The zero-order valence-corrected chi connectivity index (χ0v) is 18.4. The van der Waals surface area contributed by atoms with Gasteiger partial charge in [-0.1, -0.05) is 23.4 Å². The molecule has 0 saturated carbocycles. The minimum Gasteiger partial charge on any atom is -0.495 e. The predicted octanol–water partition coefficient (Wildman–Crippen LogP) is 5.02. The molecule has 3 aromatic rings. The Bertz CT molecular complexity index is 1230. The van der Waals surface area contributed by atoms with Gasteiger partial charge in [0.05, 0.1) is 24.8 Å². The summed E-state index contributed by atoms with van der Waals surface area (Å²) >= 11 is 0. The Balaban J connectivity index is 1.46. The molecule has 1 saturated heterocycles. The third kappa shape index (κ3) is 3.43. The molecular formula is C25H25FN4O2. The van der Waals surface area contributed by atoms with Crippen LogP contribution >= 0.6 is 0 Å². The van der Waals surface area contributed by atoms with Gasteiger partial charge in [-0.25, -0.2) is 9.37 Å². The average Bonchev–Trinajstić information content (AvgIpc) is 3.38. The van der Waals surface area contributed by atoms with Crippen molar-refractivity contribution in [3.8, 4) is 11.4 Å². The molecule has 32 heavy (non-hydrogen) atoms. The van der Waals surface area contributed by atoms with E-state index in [2.05, 4.69) is 27.2 Å². The molecule has 0 N–H and O–H groups in total. The molecule has 0 aliphatic carbocycles. The van der Waals surface area contributed by atoms with Crippen LogP contribution in [0.2, 0.25) is 0 Å². The molecule has 1 aromatic heterocycles. The summed E-state index contributed by atoms with van der Waals surface area (Å²) in [6.45, 7) is 4.69. The van der Waals surface area contributed by atoms with Crippen LogP contribution in [0.5, 0.6) is 5.75 Å². The molecule has 2 aliphatic rings. The summed E-state index contributed by atoms with van der Waals surface area (Å²) in [6, 6.07) is 12.6. The Labute approximate surface area is 186 Å². The monoisotopic (exact) mass is 432 g/mol. The largest absolute Gasteiger partial charge is 0.495 e. The number of hydrogen-bond acceptors (Lipinski definition) is 5. The highest BCUT2D eigenvalue weighted by Crippen LogP contribution is 2.40. The van der Waals surface area contributed by atoms with Crippen molar-refractivity contribution in [1.29, 1.82) is 0 Å². The Morgan fingerprint density at radius 3 is 2.84 bits per heavy atom. The third-order valence-electron chi connectivity index (χ3n) is 6.09. The first kappa shape index (κ1) is 20.3. The zero-order chi connectivity index (χ0) is 22.3. The molecular weight excluding hydrogens is 407 g/mol. The molecule has 1 fully saturated rings. The lowest BCUT2D eigenvalue weighted by molar-refractivity contribution is -0.0914. The maximum atomic E-state index is 13.9. The summed E-state index contributed by atoms with van der Waals surface area (Å²) in [4.78, 5) is 12.3. The molecule has 164 valence electrons. The minimum atomic E-state index is -0.822. The van der Waals surface area contributed by atoms with Crippen molar-refractivity contribution in [2.24, 2.45) is 5.16 Å². The van der Waals surface area contributed by atoms with Crippen LogP contribution in [0.1, 0.15) is 36.6 Å². The van der Waals surface area contributed by atoms with Crippen LogP contribution in [-0.4, -0.2) is 33.9 Å². The first-order valence-electron chi connectivity index (χ1n) is 10.7. The quantitative estimate of drug-likeness (QED) is 0.581. The molecule has 3 heterocycles. The van der Waals surface area contributed by atoms with Gasteiger partial charge in [0.1, 0.15) is 11.6 Å². The fraction of sp³-hybridized carbons (Fsp3) is 0.280. The van der Waals surface area contributed by atoms with Gasteiger partial charge in [-0.05, 0) is 61.2 Å². The summed E-state index contributed by atoms with van der Waals surface area (Å²) in [6.07, 6.45) is 7.72. The SMILES string of the molecule is COc1cc(/C=C2\CCCN3C2=NOC3(C)c2cccc(F)c2)ccc1-n1cnc(C)c1. The summed E-state index contributed by atoms with van der Waals surface area (Å²) in [5.41, 5.74) is 3.91. The summed E-state index contributed by atoms with van der Waals surface area (Å²) in [7, 11) is 1.67. The number of halogens is 1. The van der Waals surface area contributed by atoms with Gasteiger partial charge in [0.15, 0.2) is 5.84 Å². The molecule has 2 aromatic carbocycles. The van der Waals surface area contributed by atoms with Crippen molar-refractivity contribution in [2.75, 3.05) is 13.7 Å². The lowest BCUT2D eigenvalue weighted by atomic mass is 9.95. The first-order valence-corrected chi connectivity index (χ1v) is 10.7. The molecule has 0 radical (unpaired) electrons. The Morgan fingerprint density at radius 2 is 2.09 bits per heavy atom. The van der Waals surface area contributed by atoms with Crippen LogP contribution < -0.4 is 4.74 Å². The second-order valence-electron chi connectivity index (χ2n) is 8.28. The number of hydrogen-bond donors (Lipinski definition) is 0. The Hall–Kier alpha value is -3.61. The molecule has 1 atom stereocenters. The number of ether oxygens (including phenoxy) is 1. The molecule has 2 aliphatic heterocycles. The molecule has 1 unspecified atom stereocenters. The van der Waals surface area contributed by atoms with Gasteiger partial charge in [-0.3, -0.25) is 0 Å². The highest BCUT2D eigenvalue weighted by molar-refractivity contribution is 6.03. The van der Waals surface area contributed by atoms with E-state index in [-0.39, 0.29) is 5.82 Å². The smallest absolute Gasteiger partial charge is 0.234 e. The molecule has 5 rings (SSSR count). The number of nitrogens with zero attached hydrogens (tertiary/aromatic N) is 4. The number of rotatable bonds is 4. The zero-order valence-electron chi connectivity index (χ0n) is 18.4. The van der Waals surface area contributed by atoms with E-state index in [1.165, 1.54) is 12.1 Å². The normalized spacial score (nSPS) is 21.3. The number of amidine groups is 1. The van der Waals surface area contributed by atoms with E-state index in [0.29, 0.717) is 0 Å². The summed E-state index contributed by atoms with van der Waals surface area (Å²) < 4.78 is 21.5. The average molecular weight is 432 g/mol. The van der Waals surface area contributed by atoms with Crippen molar-refractivity contribution in [3.63, 3.8) is 0 Å². The molecule has 0 spiro atoms. The van der Waals surface area contributed by atoms with Crippen molar-refractivity contribution in [3.05, 3.63) is 83.2 Å². The third-order valence-corrected chi connectivity index (χ3v) is 6.09. The molecule has 6 nitrogen and oxygen atoms in total. The number of methoxy groups -OCH3 is 1. The standard InChI is InChI=1S/C25H25FN4O2/c1-17-15-29(16-27-17)22-10-9-18(13-23(22)31-3)12-19-6-5-11-30-24(19)28-32-25(30,2)20-7-4-8-21(26)14-20/h4,7-10,12-16H,5-6,11H2,1-3H3/b19-12+. The van der Waals surface area contributed by atoms with E-state index < -0.39 is 5.72 Å². The fourth-order valence-electron chi connectivity index (χ4n) is 4.40. The maximum absolute atomic E-state index is 13.9. The van der Waals surface area contributed by atoms with Gasteiger partial charge in [0.2, 0.25) is 5.72 Å². The van der Waals surface area contributed by atoms with E-state index >= 15 is 0 Å². The number of oxime groups is 1. The van der Waals surface area contributed by atoms with Gasteiger partial charge in [0.25, 0.3) is 0 Å². The van der Waals surface area contributed by atoms with Crippen LogP contribution in [0.15, 0.2) is 65.7 Å². The number of fused-ring (bicyclic) bond motifs is 1. The van der Waals surface area contributed by atoms with Gasteiger partial charge < -0.3 is 19.0 Å². The van der Waals surface area contributed by atoms with Crippen LogP contribution in [0.3, 0.4) is 0 Å². The molecule has 0 bridgehead atoms. The van der Waals surface area contributed by atoms with Crippen molar-refractivity contribution >= 4 is 11.9 Å². The lowest BCUT2D eigenvalue weighted by Crippen LogP contribution is -2.47. The predicted molar refractivity (Wildman–Crippen MR) is 121 cm³/mol. The minimum absolute atomic E-state index is 0.283. The second-order valence-corrected chi connectivity index (χ2v) is 8.28. The van der Waals surface area contributed by atoms with E-state index in [1.54, 1.807) is 19.5 Å². The van der Waals surface area contributed by atoms with Gasteiger partial charge >= 0.3 is 0 Å². The first-order chi connectivity index (χ1) is 15.5. The fourth-order valence-corrected chi connectivity index (χ4v) is 4.40. The van der Waals surface area contributed by atoms with Gasteiger partial charge in [-0.2, -0.15) is 0 Å². The van der Waals surface area contributed by atoms with E-state index in [0.717, 1.165) is 59.1 Å². The Morgan fingerprint density at radius 1 is 1.22 bits per heavy atom. The van der Waals surface area contributed by atoms with E-state index in [9.17, 15) is 4.39 Å². The number of aromatic nitrogens is 2. The lowest BCUT2D eigenvalue weighted by Gasteiger charge is -2.37. The van der Waals surface area contributed by atoms with E-state index in [1.807, 2.05) is 42.8 Å². The van der Waals surface area contributed by atoms with Gasteiger partial charge in [-0.15, -0.1) is 0 Å². The topological polar surface area (TPSA) is 51.9 Å². The van der Waals surface area contributed by atoms with E-state index in [4.69, 9.17) is 9.57 Å². The van der Waals surface area contributed by atoms with Gasteiger partial charge in [0, 0.05) is 25.2 Å². The van der Waals surface area contributed by atoms with Crippen molar-refractivity contribution in [2.45, 2.75) is 32.4 Å². The van der Waals surface area contributed by atoms with Crippen LogP contribution in [0, 0.1) is 12.7 Å². The number of aryl methyl sites for hydroxylation is 1. The number of benzene rings is 2. The number of piperidine rings is 1. The molecule has 0 amide bonds. The highest BCUT2D eigenvalue weighted by Gasteiger charge is 2.45. The second kappa shape index (κ2) is 7.82. The van der Waals surface area contributed by atoms with Crippen LogP contribution in [0.4, 0.5) is 4.39 Å². The van der Waals surface area contributed by atoms with Crippen LogP contribution in [0.25, 0.3) is 11.8 Å². The highest BCUT2D eigenvalue weighted by atomic mass is 19.1. The Kier molecular flexibility index (Phi) is 4.96.